The second-order valence-electron chi connectivity index (χ2n) is 7.13. The van der Waals surface area contributed by atoms with Gasteiger partial charge in [-0.3, -0.25) is 4.79 Å². The number of carbonyl (C=O) groups is 1. The Kier molecular flexibility index (Phi) is 4.92. The van der Waals surface area contributed by atoms with E-state index in [2.05, 4.69) is 20.4 Å². The largest absolute Gasteiger partial charge is 0.381 e. The molecule has 4 rings (SSSR count). The summed E-state index contributed by atoms with van der Waals surface area (Å²) in [7, 11) is 0. The lowest BCUT2D eigenvalue weighted by molar-refractivity contribution is -0.125. The van der Waals surface area contributed by atoms with Gasteiger partial charge in [-0.15, -0.1) is 0 Å². The van der Waals surface area contributed by atoms with Gasteiger partial charge in [0, 0.05) is 18.9 Å². The van der Waals surface area contributed by atoms with Crippen molar-refractivity contribution in [1.29, 1.82) is 0 Å². The highest BCUT2D eigenvalue weighted by molar-refractivity contribution is 5.99. The molecule has 3 heterocycles. The molecule has 1 N–H and O–H groups in total. The van der Waals surface area contributed by atoms with Gasteiger partial charge >= 0.3 is 0 Å². The highest BCUT2D eigenvalue weighted by Gasteiger charge is 2.41. The van der Waals surface area contributed by atoms with E-state index in [0.29, 0.717) is 37.7 Å². The lowest BCUT2D eigenvalue weighted by Crippen LogP contribution is -2.44. The van der Waals surface area contributed by atoms with Crippen molar-refractivity contribution in [3.05, 3.63) is 65.7 Å². The van der Waals surface area contributed by atoms with Gasteiger partial charge in [0.1, 0.15) is 0 Å². The van der Waals surface area contributed by atoms with E-state index in [0.717, 1.165) is 17.0 Å². The number of rotatable bonds is 4. The molecule has 0 bridgehead atoms. The van der Waals surface area contributed by atoms with Gasteiger partial charge in [0.15, 0.2) is 0 Å². The van der Waals surface area contributed by atoms with Crippen LogP contribution >= 0.6 is 0 Å². The van der Waals surface area contributed by atoms with Crippen LogP contribution in [0.5, 0.6) is 0 Å². The number of aromatic nitrogens is 4. The minimum Gasteiger partial charge on any atom is -0.381 e. The van der Waals surface area contributed by atoms with Crippen LogP contribution in [0.15, 0.2) is 48.8 Å². The maximum Gasteiger partial charge on any atom is 0.250 e. The summed E-state index contributed by atoms with van der Waals surface area (Å²) in [6, 6.07) is 11.9. The molecule has 0 atom stereocenters. The molecule has 1 saturated heterocycles. The summed E-state index contributed by atoms with van der Waals surface area (Å²) in [5.41, 5.74) is 2.84. The third-order valence-electron chi connectivity index (χ3n) is 5.20. The third-order valence-corrected chi connectivity index (χ3v) is 5.20. The van der Waals surface area contributed by atoms with Crippen LogP contribution in [0, 0.1) is 13.8 Å². The molecule has 28 heavy (non-hydrogen) atoms. The number of aryl methyl sites for hydroxylation is 2. The van der Waals surface area contributed by atoms with Crippen molar-refractivity contribution in [2.45, 2.75) is 32.1 Å². The predicted octanol–water partition coefficient (Wildman–Crippen LogP) is 2.97. The van der Waals surface area contributed by atoms with Crippen molar-refractivity contribution in [3.63, 3.8) is 0 Å². The highest BCUT2D eigenvalue weighted by atomic mass is 16.5. The zero-order valence-corrected chi connectivity index (χ0v) is 16.1. The monoisotopic (exact) mass is 377 g/mol. The van der Waals surface area contributed by atoms with E-state index in [1.807, 2.05) is 50.2 Å². The zero-order valence-electron chi connectivity index (χ0n) is 16.1. The summed E-state index contributed by atoms with van der Waals surface area (Å²) in [6.45, 7) is 5.01. The molecule has 1 aliphatic rings. The van der Waals surface area contributed by atoms with Crippen LogP contribution in [0.4, 0.5) is 5.69 Å². The maximum absolute atomic E-state index is 13.3. The number of nitrogens with zero attached hydrogens (tertiary/aromatic N) is 4. The van der Waals surface area contributed by atoms with Crippen molar-refractivity contribution in [1.82, 2.24) is 19.7 Å². The number of hydrogen-bond donors (Lipinski definition) is 1. The molecule has 0 radical (unpaired) electrons. The van der Waals surface area contributed by atoms with Crippen LogP contribution in [-0.2, 0) is 14.9 Å². The molecule has 0 spiro atoms. The van der Waals surface area contributed by atoms with Gasteiger partial charge in [0.25, 0.3) is 5.95 Å². The molecule has 2 aromatic heterocycles. The Balaban J connectivity index is 1.57. The van der Waals surface area contributed by atoms with E-state index in [-0.39, 0.29) is 5.91 Å². The second kappa shape index (κ2) is 7.52. The van der Waals surface area contributed by atoms with Gasteiger partial charge in [-0.1, -0.05) is 30.3 Å². The Bertz CT molecular complexity index is 960. The van der Waals surface area contributed by atoms with Crippen LogP contribution in [0.3, 0.4) is 0 Å². The molecule has 0 aliphatic carbocycles. The van der Waals surface area contributed by atoms with Gasteiger partial charge in [0.2, 0.25) is 5.91 Å². The molecular weight excluding hydrogens is 354 g/mol. The zero-order chi connectivity index (χ0) is 19.6. The summed E-state index contributed by atoms with van der Waals surface area (Å²) >= 11 is 0. The van der Waals surface area contributed by atoms with E-state index in [1.165, 1.54) is 0 Å². The average molecular weight is 377 g/mol. The van der Waals surface area contributed by atoms with Crippen molar-refractivity contribution in [2.24, 2.45) is 0 Å². The average Bonchev–Trinajstić information content (AvgIpc) is 3.07. The highest BCUT2D eigenvalue weighted by Crippen LogP contribution is 2.36. The van der Waals surface area contributed by atoms with Crippen molar-refractivity contribution >= 4 is 11.6 Å². The Morgan fingerprint density at radius 2 is 1.79 bits per heavy atom. The summed E-state index contributed by atoms with van der Waals surface area (Å²) < 4.78 is 7.20. The van der Waals surface area contributed by atoms with Crippen LogP contribution in [0.2, 0.25) is 0 Å². The van der Waals surface area contributed by atoms with Gasteiger partial charge in [-0.2, -0.15) is 5.10 Å². The first-order valence-electron chi connectivity index (χ1n) is 9.39. The third kappa shape index (κ3) is 3.41. The molecule has 0 unspecified atom stereocenters. The number of benzene rings is 1. The fourth-order valence-electron chi connectivity index (χ4n) is 3.70. The quantitative estimate of drug-likeness (QED) is 0.756. The van der Waals surface area contributed by atoms with Crippen molar-refractivity contribution < 1.29 is 9.53 Å². The summed E-state index contributed by atoms with van der Waals surface area (Å²) in [5, 5.41) is 7.39. The number of ether oxygens (including phenoxy) is 1. The molecular formula is C21H23N5O2. The molecule has 1 aliphatic heterocycles. The first kappa shape index (κ1) is 18.3. The fraction of sp³-hybridized carbons (Fsp3) is 0.333. The molecule has 1 amide bonds. The number of carbonyl (C=O) groups excluding carboxylic acids is 1. The van der Waals surface area contributed by atoms with Gasteiger partial charge in [-0.05, 0) is 38.3 Å². The van der Waals surface area contributed by atoms with Crippen molar-refractivity contribution in [2.75, 3.05) is 18.5 Å². The fourth-order valence-corrected chi connectivity index (χ4v) is 3.70. The normalized spacial score (nSPS) is 15.9. The number of nitrogens with one attached hydrogen (secondary N) is 1. The number of anilines is 1. The predicted molar refractivity (Wildman–Crippen MR) is 105 cm³/mol. The first-order valence-corrected chi connectivity index (χ1v) is 9.39. The summed E-state index contributed by atoms with van der Waals surface area (Å²) in [6.07, 6.45) is 4.53. The summed E-state index contributed by atoms with van der Waals surface area (Å²) in [5.74, 6) is 0.428. The van der Waals surface area contributed by atoms with E-state index in [4.69, 9.17) is 4.74 Å². The minimum atomic E-state index is -0.603. The first-order chi connectivity index (χ1) is 13.6. The molecule has 0 saturated carbocycles. The van der Waals surface area contributed by atoms with Gasteiger partial charge in [-0.25, -0.2) is 14.6 Å². The lowest BCUT2D eigenvalue weighted by Gasteiger charge is -2.36. The van der Waals surface area contributed by atoms with Crippen LogP contribution < -0.4 is 5.32 Å². The van der Waals surface area contributed by atoms with E-state index >= 15 is 0 Å². The SMILES string of the molecule is Cc1cc(C)n(-c2ncc(NC(=O)C3(c4ccccc4)CCOCC3)cn2)n1. The molecule has 3 aromatic rings. The van der Waals surface area contributed by atoms with E-state index in [1.54, 1.807) is 17.1 Å². The standard InChI is InChI=1S/C21H23N5O2/c1-15-12-16(2)26(25-15)20-22-13-18(14-23-20)24-19(27)21(8-10-28-11-9-21)17-6-4-3-5-7-17/h3-7,12-14H,8-11H2,1-2H3,(H,24,27). The molecule has 1 aromatic carbocycles. The van der Waals surface area contributed by atoms with Crippen LogP contribution in [0.1, 0.15) is 29.8 Å². The van der Waals surface area contributed by atoms with E-state index in [9.17, 15) is 4.79 Å². The summed E-state index contributed by atoms with van der Waals surface area (Å²) in [4.78, 5) is 22.0. The molecule has 144 valence electrons. The van der Waals surface area contributed by atoms with Gasteiger partial charge < -0.3 is 10.1 Å². The molecule has 7 nitrogen and oxygen atoms in total. The van der Waals surface area contributed by atoms with Crippen molar-refractivity contribution in [3.8, 4) is 5.95 Å². The molecule has 7 heteroatoms. The van der Waals surface area contributed by atoms with E-state index < -0.39 is 5.41 Å². The molecule has 1 fully saturated rings. The van der Waals surface area contributed by atoms with Crippen LogP contribution in [-0.4, -0.2) is 38.9 Å². The topological polar surface area (TPSA) is 81.9 Å². The van der Waals surface area contributed by atoms with Gasteiger partial charge in [0.05, 0.1) is 29.2 Å². The maximum atomic E-state index is 13.3. The Morgan fingerprint density at radius 1 is 1.11 bits per heavy atom. The Hall–Kier alpha value is -3.06. The van der Waals surface area contributed by atoms with Crippen LogP contribution in [0.25, 0.3) is 5.95 Å². The number of hydrogen-bond acceptors (Lipinski definition) is 5. The lowest BCUT2D eigenvalue weighted by atomic mass is 9.73. The number of amides is 1. The smallest absolute Gasteiger partial charge is 0.250 e. The minimum absolute atomic E-state index is 0.0514. The Labute approximate surface area is 163 Å². The Morgan fingerprint density at radius 3 is 2.39 bits per heavy atom. The second-order valence-corrected chi connectivity index (χ2v) is 7.13.